The maximum Gasteiger partial charge on any atom is 0.271 e. The maximum absolute atomic E-state index is 12.2. The summed E-state index contributed by atoms with van der Waals surface area (Å²) in [6, 6.07) is 0.271. The number of carbonyl (C=O) groups excluding carboxylic acids is 1. The Labute approximate surface area is 105 Å². The van der Waals surface area contributed by atoms with Gasteiger partial charge in [0, 0.05) is 18.3 Å². The summed E-state index contributed by atoms with van der Waals surface area (Å²) in [5.41, 5.74) is 7.62. The highest BCUT2D eigenvalue weighted by Crippen LogP contribution is 2.20. The van der Waals surface area contributed by atoms with Crippen LogP contribution in [-0.4, -0.2) is 33.2 Å². The number of nitrogen functional groups attached to an aromatic ring is 1. The second kappa shape index (κ2) is 5.00. The molecule has 94 valence electrons. The largest absolute Gasteiger partial charge is 0.395 e. The number of rotatable bonds is 3. The van der Waals surface area contributed by atoms with E-state index in [1.54, 1.807) is 4.68 Å². The topological polar surface area (TPSA) is 72.9 Å². The molecule has 0 aliphatic carbocycles. The van der Waals surface area contributed by atoms with Crippen molar-refractivity contribution in [2.75, 3.05) is 17.2 Å². The maximum atomic E-state index is 12.2. The summed E-state index contributed by atoms with van der Waals surface area (Å²) in [6.45, 7) is 4.43. The second-order valence-corrected chi connectivity index (χ2v) is 5.35. The lowest BCUT2D eigenvalue weighted by Crippen LogP contribution is -2.36. The van der Waals surface area contributed by atoms with E-state index in [4.69, 9.17) is 5.73 Å². The molecule has 17 heavy (non-hydrogen) atoms. The van der Waals surface area contributed by atoms with E-state index in [0.717, 1.165) is 23.6 Å². The molecule has 0 bridgehead atoms. The first kappa shape index (κ1) is 12.3. The summed E-state index contributed by atoms with van der Waals surface area (Å²) < 4.78 is 1.67. The van der Waals surface area contributed by atoms with E-state index in [2.05, 4.69) is 10.4 Å². The molecule has 1 amide bonds. The Balaban J connectivity index is 2.17. The van der Waals surface area contributed by atoms with Crippen molar-refractivity contribution in [3.63, 3.8) is 0 Å². The highest BCUT2D eigenvalue weighted by molar-refractivity contribution is 7.99. The Bertz CT molecular complexity index is 423. The first-order chi connectivity index (χ1) is 8.13. The lowest BCUT2D eigenvalue weighted by molar-refractivity contribution is 0.0931. The molecule has 6 heteroatoms. The fraction of sp³-hybridized carbons (Fsp3) is 0.636. The van der Waals surface area contributed by atoms with Crippen LogP contribution in [0.25, 0.3) is 0 Å². The average molecular weight is 254 g/mol. The molecule has 2 rings (SSSR count). The van der Waals surface area contributed by atoms with Crippen molar-refractivity contribution in [2.24, 2.45) is 0 Å². The Kier molecular flexibility index (Phi) is 3.61. The normalized spacial score (nSPS) is 19.5. The summed E-state index contributed by atoms with van der Waals surface area (Å²) in [4.78, 5) is 12.2. The first-order valence-electron chi connectivity index (χ1n) is 5.85. The standard InChI is InChI=1S/C11H18N4OS/c1-3-15-10(9(12)7(2)14-15)11(16)13-8-4-5-17-6-8/h8H,3-6,12H2,1-2H3,(H,13,16). The van der Waals surface area contributed by atoms with Crippen molar-refractivity contribution in [2.45, 2.75) is 32.9 Å². The number of hydrogen-bond donors (Lipinski definition) is 2. The van der Waals surface area contributed by atoms with Gasteiger partial charge in [0.15, 0.2) is 0 Å². The number of nitrogens with two attached hydrogens (primary N) is 1. The van der Waals surface area contributed by atoms with Crippen LogP contribution in [0.3, 0.4) is 0 Å². The van der Waals surface area contributed by atoms with Crippen LogP contribution in [0.1, 0.15) is 29.5 Å². The van der Waals surface area contributed by atoms with Crippen LogP contribution in [-0.2, 0) is 6.54 Å². The third-order valence-corrected chi connectivity index (χ3v) is 4.12. The predicted octanol–water partition coefficient (Wildman–Crippen LogP) is 1.03. The van der Waals surface area contributed by atoms with Gasteiger partial charge in [-0.15, -0.1) is 0 Å². The van der Waals surface area contributed by atoms with Crippen LogP contribution in [0.15, 0.2) is 0 Å². The minimum Gasteiger partial charge on any atom is -0.395 e. The third-order valence-electron chi connectivity index (χ3n) is 2.95. The predicted molar refractivity (Wildman–Crippen MR) is 70.2 cm³/mol. The van der Waals surface area contributed by atoms with E-state index in [1.165, 1.54) is 0 Å². The van der Waals surface area contributed by atoms with Gasteiger partial charge in [0.05, 0.1) is 11.4 Å². The Hall–Kier alpha value is -1.17. The van der Waals surface area contributed by atoms with Gasteiger partial charge in [-0.1, -0.05) is 0 Å². The number of aromatic nitrogens is 2. The van der Waals surface area contributed by atoms with E-state index >= 15 is 0 Å². The average Bonchev–Trinajstić information content (AvgIpc) is 2.88. The number of nitrogens with zero attached hydrogens (tertiary/aromatic N) is 2. The smallest absolute Gasteiger partial charge is 0.271 e. The molecule has 1 fully saturated rings. The van der Waals surface area contributed by atoms with Gasteiger partial charge in [0.2, 0.25) is 0 Å². The zero-order chi connectivity index (χ0) is 12.4. The molecule has 3 N–H and O–H groups in total. The lowest BCUT2D eigenvalue weighted by Gasteiger charge is -2.12. The molecule has 1 unspecified atom stereocenters. The highest BCUT2D eigenvalue weighted by Gasteiger charge is 2.23. The van der Waals surface area contributed by atoms with Crippen molar-refractivity contribution < 1.29 is 4.79 Å². The fourth-order valence-electron chi connectivity index (χ4n) is 1.97. The van der Waals surface area contributed by atoms with Gasteiger partial charge in [0.25, 0.3) is 5.91 Å². The van der Waals surface area contributed by atoms with Crippen molar-refractivity contribution in [3.8, 4) is 0 Å². The van der Waals surface area contributed by atoms with Crippen LogP contribution < -0.4 is 11.1 Å². The monoisotopic (exact) mass is 254 g/mol. The molecule has 1 aromatic rings. The number of anilines is 1. The summed E-state index contributed by atoms with van der Waals surface area (Å²) >= 11 is 1.87. The van der Waals surface area contributed by atoms with E-state index in [-0.39, 0.29) is 11.9 Å². The molecule has 1 atom stereocenters. The first-order valence-corrected chi connectivity index (χ1v) is 7.00. The van der Waals surface area contributed by atoms with Crippen LogP contribution in [0, 0.1) is 6.92 Å². The number of thioether (sulfide) groups is 1. The molecular weight excluding hydrogens is 236 g/mol. The summed E-state index contributed by atoms with van der Waals surface area (Å²) in [5.74, 6) is 2.01. The Morgan fingerprint density at radius 1 is 1.71 bits per heavy atom. The van der Waals surface area contributed by atoms with E-state index < -0.39 is 0 Å². The summed E-state index contributed by atoms with van der Waals surface area (Å²) in [7, 11) is 0. The number of hydrogen-bond acceptors (Lipinski definition) is 4. The fourth-order valence-corrected chi connectivity index (χ4v) is 3.12. The van der Waals surface area contributed by atoms with Gasteiger partial charge in [-0.25, -0.2) is 0 Å². The van der Waals surface area contributed by atoms with Crippen LogP contribution >= 0.6 is 11.8 Å². The summed E-state index contributed by atoms with van der Waals surface area (Å²) in [6.07, 6.45) is 1.04. The number of nitrogens with one attached hydrogen (secondary N) is 1. The lowest BCUT2D eigenvalue weighted by atomic mass is 10.2. The van der Waals surface area contributed by atoms with Crippen LogP contribution in [0.2, 0.25) is 0 Å². The molecule has 0 aromatic carbocycles. The minimum atomic E-state index is -0.0996. The summed E-state index contributed by atoms with van der Waals surface area (Å²) in [5, 5.41) is 7.27. The van der Waals surface area contributed by atoms with Gasteiger partial charge in [-0.05, 0) is 26.0 Å². The van der Waals surface area contributed by atoms with Crippen molar-refractivity contribution >= 4 is 23.4 Å². The molecule has 1 aromatic heterocycles. The zero-order valence-corrected chi connectivity index (χ0v) is 11.0. The molecule has 1 saturated heterocycles. The second-order valence-electron chi connectivity index (χ2n) is 4.20. The molecule has 1 aliphatic rings. The Morgan fingerprint density at radius 2 is 2.47 bits per heavy atom. The number of amides is 1. The Morgan fingerprint density at radius 3 is 3.06 bits per heavy atom. The molecule has 5 nitrogen and oxygen atoms in total. The van der Waals surface area contributed by atoms with Crippen molar-refractivity contribution in [1.29, 1.82) is 0 Å². The number of aryl methyl sites for hydroxylation is 2. The van der Waals surface area contributed by atoms with Gasteiger partial charge < -0.3 is 11.1 Å². The van der Waals surface area contributed by atoms with Crippen LogP contribution in [0.5, 0.6) is 0 Å². The molecule has 2 heterocycles. The van der Waals surface area contributed by atoms with Gasteiger partial charge in [-0.3, -0.25) is 9.48 Å². The van der Waals surface area contributed by atoms with Gasteiger partial charge in [-0.2, -0.15) is 16.9 Å². The third kappa shape index (κ3) is 2.41. The van der Waals surface area contributed by atoms with Crippen molar-refractivity contribution in [3.05, 3.63) is 11.4 Å². The number of carbonyl (C=O) groups is 1. The van der Waals surface area contributed by atoms with Gasteiger partial charge >= 0.3 is 0 Å². The SMILES string of the molecule is CCn1nc(C)c(N)c1C(=O)NC1CCSC1. The molecule has 0 radical (unpaired) electrons. The van der Waals surface area contributed by atoms with E-state index in [1.807, 2.05) is 25.6 Å². The molecule has 1 aliphatic heterocycles. The van der Waals surface area contributed by atoms with E-state index in [0.29, 0.717) is 17.9 Å². The van der Waals surface area contributed by atoms with E-state index in [9.17, 15) is 4.79 Å². The quantitative estimate of drug-likeness (QED) is 0.845. The molecule has 0 spiro atoms. The highest BCUT2D eigenvalue weighted by atomic mass is 32.2. The zero-order valence-electron chi connectivity index (χ0n) is 10.2. The molecule has 0 saturated carbocycles. The minimum absolute atomic E-state index is 0.0996. The molecular formula is C11H18N4OS. The van der Waals surface area contributed by atoms with Crippen LogP contribution in [0.4, 0.5) is 5.69 Å². The van der Waals surface area contributed by atoms with Crippen molar-refractivity contribution in [1.82, 2.24) is 15.1 Å². The van der Waals surface area contributed by atoms with Gasteiger partial charge in [0.1, 0.15) is 5.69 Å².